The normalized spacial score (nSPS) is 10.2. The third-order valence-corrected chi connectivity index (χ3v) is 3.10. The minimum atomic E-state index is 0.635. The molecule has 0 aliphatic carbocycles. The van der Waals surface area contributed by atoms with Gasteiger partial charge in [-0.2, -0.15) is 0 Å². The third kappa shape index (κ3) is 5.09. The monoisotopic (exact) mass is 292 g/mol. The van der Waals surface area contributed by atoms with Crippen molar-refractivity contribution < 1.29 is 9.47 Å². The zero-order valence-corrected chi connectivity index (χ0v) is 12.2. The van der Waals surface area contributed by atoms with Crippen molar-refractivity contribution in [2.45, 2.75) is 16.2 Å². The molecule has 4 heteroatoms. The highest BCUT2D eigenvalue weighted by atomic mass is 32.1. The summed E-state index contributed by atoms with van der Waals surface area (Å²) < 4.78 is 11.2. The lowest BCUT2D eigenvalue weighted by Gasteiger charge is -2.08. The summed E-state index contributed by atoms with van der Waals surface area (Å²) in [6.45, 7) is 1.27. The minimum Gasteiger partial charge on any atom is -0.493 e. The lowest BCUT2D eigenvalue weighted by Crippen LogP contribution is -2.04. The first-order chi connectivity index (χ1) is 9.24. The fourth-order valence-electron chi connectivity index (χ4n) is 1.52. The molecular weight excluding hydrogens is 276 g/mol. The second-order valence-corrected chi connectivity index (χ2v) is 5.07. The number of hydrogen-bond acceptors (Lipinski definition) is 4. The molecule has 0 aromatic heterocycles. The topological polar surface area (TPSA) is 18.5 Å². The Labute approximate surface area is 124 Å². The minimum absolute atomic E-state index is 0.635. The van der Waals surface area contributed by atoms with Gasteiger partial charge in [-0.25, -0.2) is 0 Å². The van der Waals surface area contributed by atoms with E-state index in [0.717, 1.165) is 27.7 Å². The first kappa shape index (κ1) is 14.2. The molecule has 2 rings (SSSR count). The van der Waals surface area contributed by atoms with Gasteiger partial charge in [-0.1, -0.05) is 0 Å². The van der Waals surface area contributed by atoms with Gasteiger partial charge in [0.05, 0.1) is 13.2 Å². The molecule has 0 N–H and O–H groups in total. The van der Waals surface area contributed by atoms with E-state index in [4.69, 9.17) is 9.47 Å². The van der Waals surface area contributed by atoms with E-state index in [1.807, 2.05) is 48.5 Å². The van der Waals surface area contributed by atoms with Crippen LogP contribution in [0.15, 0.2) is 58.3 Å². The van der Waals surface area contributed by atoms with Crippen LogP contribution in [-0.2, 0) is 0 Å². The number of thiol groups is 2. The molecule has 19 heavy (non-hydrogen) atoms. The van der Waals surface area contributed by atoms with Crippen LogP contribution in [0.4, 0.5) is 0 Å². The highest BCUT2D eigenvalue weighted by Gasteiger charge is 1.96. The van der Waals surface area contributed by atoms with Crippen molar-refractivity contribution in [3.05, 3.63) is 48.5 Å². The molecule has 100 valence electrons. The molecule has 0 saturated heterocycles. The lowest BCUT2D eigenvalue weighted by molar-refractivity contribution is 0.247. The summed E-state index contributed by atoms with van der Waals surface area (Å²) in [6.07, 6.45) is 0.839. The Morgan fingerprint density at radius 2 is 1.00 bits per heavy atom. The molecule has 0 amide bonds. The Balaban J connectivity index is 1.64. The van der Waals surface area contributed by atoms with Crippen molar-refractivity contribution in [2.24, 2.45) is 0 Å². The molecule has 2 aromatic carbocycles. The van der Waals surface area contributed by atoms with Gasteiger partial charge in [-0.3, -0.25) is 0 Å². The zero-order chi connectivity index (χ0) is 13.5. The summed E-state index contributed by atoms with van der Waals surface area (Å²) in [7, 11) is 0. The SMILES string of the molecule is Sc1ccc(OCCCOc2ccc(S)cc2)cc1. The molecule has 0 aliphatic heterocycles. The van der Waals surface area contributed by atoms with Crippen molar-refractivity contribution in [1.82, 2.24) is 0 Å². The maximum Gasteiger partial charge on any atom is 0.119 e. The summed E-state index contributed by atoms with van der Waals surface area (Å²) in [6, 6.07) is 15.3. The first-order valence-electron chi connectivity index (χ1n) is 6.08. The van der Waals surface area contributed by atoms with Crippen molar-refractivity contribution >= 4 is 25.3 Å². The third-order valence-electron chi connectivity index (χ3n) is 2.50. The van der Waals surface area contributed by atoms with Crippen LogP contribution in [0.3, 0.4) is 0 Å². The number of hydrogen-bond donors (Lipinski definition) is 2. The number of benzene rings is 2. The van der Waals surface area contributed by atoms with Gasteiger partial charge in [-0.15, -0.1) is 25.3 Å². The Hall–Kier alpha value is -1.26. The number of rotatable bonds is 6. The van der Waals surface area contributed by atoms with Gasteiger partial charge in [0.2, 0.25) is 0 Å². The average Bonchev–Trinajstić information content (AvgIpc) is 2.43. The Kier molecular flexibility index (Phi) is 5.48. The molecule has 0 heterocycles. The van der Waals surface area contributed by atoms with Gasteiger partial charge >= 0.3 is 0 Å². The second-order valence-electron chi connectivity index (χ2n) is 4.04. The smallest absolute Gasteiger partial charge is 0.119 e. The van der Waals surface area contributed by atoms with Gasteiger partial charge in [0.1, 0.15) is 11.5 Å². The van der Waals surface area contributed by atoms with Crippen molar-refractivity contribution in [3.63, 3.8) is 0 Å². The fourth-order valence-corrected chi connectivity index (χ4v) is 1.82. The van der Waals surface area contributed by atoms with Gasteiger partial charge < -0.3 is 9.47 Å². The lowest BCUT2D eigenvalue weighted by atomic mass is 10.3. The van der Waals surface area contributed by atoms with E-state index in [1.54, 1.807) is 0 Å². The van der Waals surface area contributed by atoms with Crippen LogP contribution in [-0.4, -0.2) is 13.2 Å². The molecule has 0 saturated carbocycles. The zero-order valence-electron chi connectivity index (χ0n) is 10.5. The quantitative estimate of drug-likeness (QED) is 0.616. The fraction of sp³-hybridized carbons (Fsp3) is 0.200. The van der Waals surface area contributed by atoms with Gasteiger partial charge in [-0.05, 0) is 48.5 Å². The van der Waals surface area contributed by atoms with Crippen LogP contribution in [0.2, 0.25) is 0 Å². The molecule has 0 atom stereocenters. The van der Waals surface area contributed by atoms with Crippen molar-refractivity contribution in [1.29, 1.82) is 0 Å². The van der Waals surface area contributed by atoms with Crippen LogP contribution >= 0.6 is 25.3 Å². The van der Waals surface area contributed by atoms with E-state index >= 15 is 0 Å². The largest absolute Gasteiger partial charge is 0.493 e. The maximum absolute atomic E-state index is 5.59. The molecule has 2 aromatic rings. The van der Waals surface area contributed by atoms with Crippen LogP contribution in [0.1, 0.15) is 6.42 Å². The summed E-state index contributed by atoms with van der Waals surface area (Å²) in [5.74, 6) is 1.72. The standard InChI is InChI=1S/C15H16O2S2/c18-14-6-2-12(3-7-14)16-10-1-11-17-13-4-8-15(19)9-5-13/h2-9,18-19H,1,10-11H2. The van der Waals surface area contributed by atoms with Crippen molar-refractivity contribution in [3.8, 4) is 11.5 Å². The highest BCUT2D eigenvalue weighted by molar-refractivity contribution is 7.80. The van der Waals surface area contributed by atoms with Crippen LogP contribution in [0, 0.1) is 0 Å². The second kappa shape index (κ2) is 7.36. The summed E-state index contributed by atoms with van der Waals surface area (Å²) in [4.78, 5) is 1.87. The predicted molar refractivity (Wildman–Crippen MR) is 83.0 cm³/mol. The average molecular weight is 292 g/mol. The maximum atomic E-state index is 5.59. The molecule has 0 radical (unpaired) electrons. The van der Waals surface area contributed by atoms with Crippen LogP contribution < -0.4 is 9.47 Å². The summed E-state index contributed by atoms with van der Waals surface area (Å²) in [5.41, 5.74) is 0. The summed E-state index contributed by atoms with van der Waals surface area (Å²) in [5, 5.41) is 0. The molecule has 0 bridgehead atoms. The Morgan fingerprint density at radius 3 is 1.37 bits per heavy atom. The number of ether oxygens (including phenoxy) is 2. The molecule has 0 aliphatic rings. The molecule has 0 fully saturated rings. The molecule has 0 unspecified atom stereocenters. The van der Waals surface area contributed by atoms with E-state index in [-0.39, 0.29) is 0 Å². The molecular formula is C15H16O2S2. The highest BCUT2D eigenvalue weighted by Crippen LogP contribution is 2.16. The van der Waals surface area contributed by atoms with E-state index in [2.05, 4.69) is 25.3 Å². The van der Waals surface area contributed by atoms with E-state index in [1.165, 1.54) is 0 Å². The predicted octanol–water partition coefficient (Wildman–Crippen LogP) is 4.11. The van der Waals surface area contributed by atoms with Crippen LogP contribution in [0.25, 0.3) is 0 Å². The summed E-state index contributed by atoms with van der Waals surface area (Å²) >= 11 is 8.45. The molecule has 0 spiro atoms. The van der Waals surface area contributed by atoms with Gasteiger partial charge in [0, 0.05) is 16.2 Å². The first-order valence-corrected chi connectivity index (χ1v) is 6.97. The Morgan fingerprint density at radius 1 is 0.632 bits per heavy atom. The van der Waals surface area contributed by atoms with E-state index in [9.17, 15) is 0 Å². The van der Waals surface area contributed by atoms with Gasteiger partial charge in [0.25, 0.3) is 0 Å². The van der Waals surface area contributed by atoms with Gasteiger partial charge in [0.15, 0.2) is 0 Å². The van der Waals surface area contributed by atoms with Crippen LogP contribution in [0.5, 0.6) is 11.5 Å². The van der Waals surface area contributed by atoms with Crippen molar-refractivity contribution in [2.75, 3.05) is 13.2 Å². The van der Waals surface area contributed by atoms with E-state index < -0.39 is 0 Å². The van der Waals surface area contributed by atoms with E-state index in [0.29, 0.717) is 13.2 Å². The molecule has 2 nitrogen and oxygen atoms in total. The Bertz CT molecular complexity index is 447.